The summed E-state index contributed by atoms with van der Waals surface area (Å²) in [6.07, 6.45) is 2.69. The third-order valence-corrected chi connectivity index (χ3v) is 9.47. The van der Waals surface area contributed by atoms with E-state index in [2.05, 4.69) is 26.4 Å². The van der Waals surface area contributed by atoms with Gasteiger partial charge in [-0.15, -0.1) is 11.8 Å². The number of nitrogens with one attached hydrogen (secondary N) is 1. The molecule has 3 fully saturated rings. The van der Waals surface area contributed by atoms with Crippen LogP contribution in [0.4, 0.5) is 5.13 Å². The van der Waals surface area contributed by atoms with E-state index in [0.29, 0.717) is 49.3 Å². The van der Waals surface area contributed by atoms with E-state index in [1.165, 1.54) is 11.8 Å². The van der Waals surface area contributed by atoms with Crippen LogP contribution in [0.25, 0.3) is 0 Å². The van der Waals surface area contributed by atoms with Gasteiger partial charge in [0.25, 0.3) is 11.8 Å². The van der Waals surface area contributed by atoms with Gasteiger partial charge in [-0.25, -0.2) is 9.59 Å². The highest BCUT2D eigenvalue weighted by Gasteiger charge is 2.54. The maximum Gasteiger partial charge on any atom is 0.352 e. The minimum atomic E-state index is -1.34. The number of likely N-dealkylation sites (tertiary alicyclic amines) is 2. The zero-order valence-corrected chi connectivity index (χ0v) is 25.2. The van der Waals surface area contributed by atoms with Crippen molar-refractivity contribution in [3.05, 3.63) is 40.9 Å². The summed E-state index contributed by atoms with van der Waals surface area (Å²) in [4.78, 5) is 72.1. The van der Waals surface area contributed by atoms with Gasteiger partial charge in [0.15, 0.2) is 5.13 Å². The van der Waals surface area contributed by atoms with Crippen LogP contribution in [0.15, 0.2) is 40.2 Å². The summed E-state index contributed by atoms with van der Waals surface area (Å²) in [5.74, 6) is -3.60. The Kier molecular flexibility index (Phi) is 9.02. The molecular formula is C26H30N8O8S2. The highest BCUT2D eigenvalue weighted by molar-refractivity contribution is 8.00. The lowest BCUT2D eigenvalue weighted by Crippen LogP contribution is -2.71. The van der Waals surface area contributed by atoms with E-state index in [4.69, 9.17) is 10.5 Å². The normalized spacial score (nSPS) is 24.9. The largest absolute Gasteiger partial charge is 0.477 e. The number of aliphatic carboxylic acids is 1. The lowest BCUT2D eigenvalue weighted by molar-refractivity contribution is -0.150. The summed E-state index contributed by atoms with van der Waals surface area (Å²) in [5, 5.41) is 24.0. The fourth-order valence-corrected chi connectivity index (χ4v) is 7.33. The molecule has 0 saturated carbocycles. The average molecular weight is 647 g/mol. The van der Waals surface area contributed by atoms with Gasteiger partial charge in [0.2, 0.25) is 17.4 Å². The average Bonchev–Trinajstić information content (AvgIpc) is 3.72. The molecule has 0 aromatic carbocycles. The van der Waals surface area contributed by atoms with Crippen molar-refractivity contribution in [2.75, 3.05) is 44.3 Å². The molecular weight excluding hydrogens is 616 g/mol. The number of aromatic nitrogens is 2. The molecule has 0 aliphatic carbocycles. The number of allylic oxidation sites excluding steroid dienone is 1. The molecule has 44 heavy (non-hydrogen) atoms. The van der Waals surface area contributed by atoms with Gasteiger partial charge in [-0.2, -0.15) is 9.36 Å². The number of hydrogen-bond acceptors (Lipinski definition) is 14. The molecule has 5 rings (SSSR count). The molecule has 5 heterocycles. The zero-order valence-electron chi connectivity index (χ0n) is 23.6. The van der Waals surface area contributed by atoms with Gasteiger partial charge < -0.3 is 31.0 Å². The van der Waals surface area contributed by atoms with E-state index in [0.717, 1.165) is 22.9 Å². The van der Waals surface area contributed by atoms with Crippen molar-refractivity contribution >= 4 is 63.8 Å². The van der Waals surface area contributed by atoms with Crippen molar-refractivity contribution in [2.45, 2.75) is 37.2 Å². The SMILES string of the molecule is C=C(CN1CC[C@@H](N2CCC(=CC3=C(C(=O)O)N4C(=O)[C@@H](NC(=O)C(=NO)c5nsc(N)n5)[C@H]4SC3)C2=O)C1)C(=O)OCC. The maximum atomic E-state index is 13.4. The molecule has 16 nitrogen and oxygen atoms in total. The lowest BCUT2D eigenvalue weighted by Gasteiger charge is -2.49. The van der Waals surface area contributed by atoms with Crippen molar-refractivity contribution in [1.29, 1.82) is 0 Å². The molecule has 0 radical (unpaired) electrons. The lowest BCUT2D eigenvalue weighted by atomic mass is 10.0. The molecule has 5 N–H and O–H groups in total. The van der Waals surface area contributed by atoms with Crippen LogP contribution in [0.1, 0.15) is 25.6 Å². The first-order chi connectivity index (χ1) is 21.0. The molecule has 0 bridgehead atoms. The number of carboxylic acid groups (broad SMARTS) is 1. The number of carboxylic acids is 1. The summed E-state index contributed by atoms with van der Waals surface area (Å²) in [7, 11) is 0. The summed E-state index contributed by atoms with van der Waals surface area (Å²) in [6, 6.07) is -1.15. The van der Waals surface area contributed by atoms with Gasteiger partial charge in [0.05, 0.1) is 6.61 Å². The molecule has 234 valence electrons. The Morgan fingerprint density at radius 1 is 1.30 bits per heavy atom. The summed E-state index contributed by atoms with van der Waals surface area (Å²) in [5.41, 5.74) is 5.86. The Hall–Kier alpha value is -4.29. The second kappa shape index (κ2) is 12.7. The number of thioether (sulfide) groups is 1. The van der Waals surface area contributed by atoms with Crippen molar-refractivity contribution in [3.8, 4) is 0 Å². The minimum absolute atomic E-state index is 0.0481. The Bertz CT molecular complexity index is 1520. The second-order valence-corrected chi connectivity index (χ2v) is 12.3. The fraction of sp³-hybridized carbons (Fsp3) is 0.462. The first kappa shape index (κ1) is 31.1. The number of carbonyl (C=O) groups is 5. The first-order valence-corrected chi connectivity index (χ1v) is 15.5. The second-order valence-electron chi connectivity index (χ2n) is 10.4. The first-order valence-electron chi connectivity index (χ1n) is 13.7. The number of amides is 3. The molecule has 4 aliphatic rings. The smallest absolute Gasteiger partial charge is 0.352 e. The van der Waals surface area contributed by atoms with Crippen LogP contribution >= 0.6 is 23.3 Å². The topological polar surface area (TPSA) is 221 Å². The molecule has 4 aliphatic heterocycles. The van der Waals surface area contributed by atoms with E-state index in [1.807, 2.05) is 4.90 Å². The van der Waals surface area contributed by atoms with Crippen LogP contribution < -0.4 is 11.1 Å². The predicted octanol–water partition coefficient (Wildman–Crippen LogP) is -0.610. The standard InChI is InChI=1S/C26H30N8O8S2/c1-3-42-25(40)12(2)9-32-6-5-15(10-32)33-7-4-13(21(33)36)8-14-11-43-23-17(22(37)34(23)18(14)24(38)39)28-20(35)16(30-41)19-29-26(27)44-31-19/h8,15,17,23,41H,2-7,9-11H2,1H3,(H,28,35)(H,38,39)(H2,27,29,31)/t15-,17-,23-/m1/s1. The number of β-lactam (4-membered cyclic amide) rings is 1. The van der Waals surface area contributed by atoms with Gasteiger partial charge in [-0.3, -0.25) is 24.2 Å². The third-order valence-electron chi connectivity index (χ3n) is 7.63. The van der Waals surface area contributed by atoms with Crippen LogP contribution in [0, 0.1) is 0 Å². The Morgan fingerprint density at radius 2 is 2.07 bits per heavy atom. The summed E-state index contributed by atoms with van der Waals surface area (Å²) < 4.78 is 8.82. The molecule has 0 unspecified atom stereocenters. The van der Waals surface area contributed by atoms with E-state index in [1.54, 1.807) is 17.9 Å². The quantitative estimate of drug-likeness (QED) is 0.0623. The van der Waals surface area contributed by atoms with Crippen molar-refractivity contribution in [2.24, 2.45) is 5.16 Å². The number of carbonyl (C=O) groups excluding carboxylic acids is 4. The highest BCUT2D eigenvalue weighted by atomic mass is 32.2. The highest BCUT2D eigenvalue weighted by Crippen LogP contribution is 2.41. The molecule has 3 saturated heterocycles. The van der Waals surface area contributed by atoms with Gasteiger partial charge >= 0.3 is 11.9 Å². The van der Waals surface area contributed by atoms with E-state index >= 15 is 0 Å². The zero-order chi connectivity index (χ0) is 31.7. The summed E-state index contributed by atoms with van der Waals surface area (Å²) >= 11 is 2.03. The number of rotatable bonds is 10. The fourth-order valence-electron chi connectivity index (χ4n) is 5.59. The van der Waals surface area contributed by atoms with Crippen LogP contribution in [-0.2, 0) is 28.7 Å². The number of ether oxygens (including phenoxy) is 1. The number of fused-ring (bicyclic) bond motifs is 1. The number of esters is 1. The van der Waals surface area contributed by atoms with E-state index < -0.39 is 40.9 Å². The Labute approximate surface area is 259 Å². The number of nitrogens with two attached hydrogens (primary N) is 1. The van der Waals surface area contributed by atoms with Gasteiger partial charge in [-0.05, 0) is 31.4 Å². The molecule has 1 aromatic rings. The van der Waals surface area contributed by atoms with Crippen molar-refractivity contribution in [1.82, 2.24) is 29.4 Å². The van der Waals surface area contributed by atoms with Crippen molar-refractivity contribution < 1.29 is 39.0 Å². The number of hydrogen-bond donors (Lipinski definition) is 4. The van der Waals surface area contributed by atoms with Crippen LogP contribution in [0.5, 0.6) is 0 Å². The number of nitrogens with zero attached hydrogens (tertiary/aromatic N) is 6. The van der Waals surface area contributed by atoms with Gasteiger partial charge in [-0.1, -0.05) is 11.7 Å². The van der Waals surface area contributed by atoms with Crippen LogP contribution in [0.3, 0.4) is 0 Å². The maximum absolute atomic E-state index is 13.4. The van der Waals surface area contributed by atoms with Gasteiger partial charge in [0.1, 0.15) is 17.1 Å². The Balaban J connectivity index is 1.25. The monoisotopic (exact) mass is 646 g/mol. The van der Waals surface area contributed by atoms with Crippen molar-refractivity contribution in [3.63, 3.8) is 0 Å². The summed E-state index contributed by atoms with van der Waals surface area (Å²) in [6.45, 7) is 7.88. The third kappa shape index (κ3) is 5.91. The number of oxime groups is 1. The van der Waals surface area contributed by atoms with Crippen LogP contribution in [0.2, 0.25) is 0 Å². The van der Waals surface area contributed by atoms with Crippen LogP contribution in [-0.4, -0.2) is 126 Å². The molecule has 18 heteroatoms. The number of nitrogen functional groups attached to an aromatic ring is 1. The van der Waals surface area contributed by atoms with Gasteiger partial charge in [0, 0.05) is 60.7 Å². The number of anilines is 1. The molecule has 3 atom stereocenters. The van der Waals surface area contributed by atoms with E-state index in [-0.39, 0.29) is 41.0 Å². The molecule has 0 spiro atoms. The van der Waals surface area contributed by atoms with E-state index in [9.17, 15) is 34.3 Å². The predicted molar refractivity (Wildman–Crippen MR) is 157 cm³/mol. The minimum Gasteiger partial charge on any atom is -0.477 e. The Morgan fingerprint density at radius 3 is 2.73 bits per heavy atom. The molecule has 1 aromatic heterocycles. The molecule has 3 amide bonds.